The van der Waals surface area contributed by atoms with Crippen LogP contribution in [-0.4, -0.2) is 36.5 Å². The number of likely N-dealkylation sites (tertiary alicyclic amines) is 1. The molecule has 116 valence electrons. The van der Waals surface area contributed by atoms with Gasteiger partial charge in [-0.1, -0.05) is 25.5 Å². The third-order valence-electron chi connectivity index (χ3n) is 4.06. The summed E-state index contributed by atoms with van der Waals surface area (Å²) in [5.41, 5.74) is 8.09. The summed E-state index contributed by atoms with van der Waals surface area (Å²) in [5, 5.41) is 2.97. The Bertz CT molecular complexity index is 436. The fraction of sp³-hybridized carbons (Fsp3) is 0.588. The summed E-state index contributed by atoms with van der Waals surface area (Å²) in [6.07, 6.45) is 5.50. The van der Waals surface area contributed by atoms with Gasteiger partial charge in [-0.3, -0.25) is 9.69 Å². The second-order valence-corrected chi connectivity index (χ2v) is 5.96. The molecule has 0 spiro atoms. The van der Waals surface area contributed by atoms with E-state index < -0.39 is 0 Å². The first-order chi connectivity index (χ1) is 10.2. The highest BCUT2D eigenvalue weighted by molar-refractivity contribution is 5.92. The lowest BCUT2D eigenvalue weighted by Crippen LogP contribution is -2.43. The van der Waals surface area contributed by atoms with E-state index in [0.717, 1.165) is 38.0 Å². The molecule has 4 nitrogen and oxygen atoms in total. The van der Waals surface area contributed by atoms with E-state index in [4.69, 9.17) is 5.73 Å². The monoisotopic (exact) mass is 289 g/mol. The van der Waals surface area contributed by atoms with Crippen LogP contribution in [0.4, 0.5) is 5.69 Å². The molecule has 0 unspecified atom stereocenters. The summed E-state index contributed by atoms with van der Waals surface area (Å²) in [7, 11) is 0. The lowest BCUT2D eigenvalue weighted by atomic mass is 10.1. The van der Waals surface area contributed by atoms with Gasteiger partial charge in [-0.25, -0.2) is 0 Å². The number of nitrogens with one attached hydrogen (secondary N) is 1. The SMILES string of the molecule is CCCCc1ccc(NC(=O)CN2CCC(N)CC2)cc1. The van der Waals surface area contributed by atoms with Gasteiger partial charge in [-0.2, -0.15) is 0 Å². The zero-order chi connectivity index (χ0) is 15.1. The molecular weight excluding hydrogens is 262 g/mol. The van der Waals surface area contributed by atoms with Gasteiger partial charge in [0, 0.05) is 24.8 Å². The molecule has 3 N–H and O–H groups in total. The molecule has 21 heavy (non-hydrogen) atoms. The van der Waals surface area contributed by atoms with Gasteiger partial charge in [-0.05, 0) is 43.4 Å². The van der Waals surface area contributed by atoms with Gasteiger partial charge in [0.05, 0.1) is 6.54 Å². The van der Waals surface area contributed by atoms with E-state index in [0.29, 0.717) is 12.6 Å². The quantitative estimate of drug-likeness (QED) is 0.845. The maximum absolute atomic E-state index is 12.0. The van der Waals surface area contributed by atoms with Crippen molar-refractivity contribution in [3.05, 3.63) is 29.8 Å². The summed E-state index contributed by atoms with van der Waals surface area (Å²) in [6.45, 7) is 4.50. The predicted octanol–water partition coefficient (Wildman–Crippen LogP) is 2.39. The molecule has 0 radical (unpaired) electrons. The van der Waals surface area contributed by atoms with Crippen molar-refractivity contribution in [2.45, 2.75) is 45.1 Å². The fourth-order valence-corrected chi connectivity index (χ4v) is 2.65. The van der Waals surface area contributed by atoms with Crippen LogP contribution in [0.15, 0.2) is 24.3 Å². The Labute approximate surface area is 127 Å². The minimum atomic E-state index is 0.0618. The second kappa shape index (κ2) is 8.15. The fourth-order valence-electron chi connectivity index (χ4n) is 2.65. The van der Waals surface area contributed by atoms with Crippen LogP contribution < -0.4 is 11.1 Å². The molecule has 0 atom stereocenters. The highest BCUT2D eigenvalue weighted by Crippen LogP contribution is 2.12. The van der Waals surface area contributed by atoms with Crippen LogP contribution in [0.2, 0.25) is 0 Å². The molecule has 0 aromatic heterocycles. The Balaban J connectivity index is 1.77. The average molecular weight is 289 g/mol. The molecule has 0 saturated carbocycles. The van der Waals surface area contributed by atoms with Gasteiger partial charge in [0.15, 0.2) is 0 Å². The number of nitrogens with two attached hydrogens (primary N) is 1. The van der Waals surface area contributed by atoms with Crippen molar-refractivity contribution in [3.63, 3.8) is 0 Å². The van der Waals surface area contributed by atoms with E-state index in [9.17, 15) is 4.79 Å². The second-order valence-electron chi connectivity index (χ2n) is 5.96. The zero-order valence-electron chi connectivity index (χ0n) is 13.0. The molecule has 1 aliphatic rings. The minimum absolute atomic E-state index is 0.0618. The first-order valence-electron chi connectivity index (χ1n) is 8.04. The molecule has 1 fully saturated rings. The number of unbranched alkanes of at least 4 members (excludes halogenated alkanes) is 1. The number of nitrogens with zero attached hydrogens (tertiary/aromatic N) is 1. The molecule has 1 aromatic carbocycles. The van der Waals surface area contributed by atoms with Crippen LogP contribution in [0.25, 0.3) is 0 Å². The van der Waals surface area contributed by atoms with Gasteiger partial charge in [0.1, 0.15) is 0 Å². The van der Waals surface area contributed by atoms with E-state index in [-0.39, 0.29) is 5.91 Å². The van der Waals surface area contributed by atoms with Gasteiger partial charge < -0.3 is 11.1 Å². The third-order valence-corrected chi connectivity index (χ3v) is 4.06. The van der Waals surface area contributed by atoms with Crippen molar-refractivity contribution < 1.29 is 4.79 Å². The number of benzene rings is 1. The minimum Gasteiger partial charge on any atom is -0.328 e. The summed E-state index contributed by atoms with van der Waals surface area (Å²) in [4.78, 5) is 14.2. The number of carbonyl (C=O) groups excluding carboxylic acids is 1. The van der Waals surface area contributed by atoms with Crippen LogP contribution in [0, 0.1) is 0 Å². The van der Waals surface area contributed by atoms with Crippen LogP contribution in [0.5, 0.6) is 0 Å². The molecule has 0 bridgehead atoms. The topological polar surface area (TPSA) is 58.4 Å². The molecule has 1 saturated heterocycles. The summed E-state index contributed by atoms with van der Waals surface area (Å²) >= 11 is 0. The summed E-state index contributed by atoms with van der Waals surface area (Å²) in [6, 6.07) is 8.50. The third kappa shape index (κ3) is 5.48. The Morgan fingerprint density at radius 2 is 1.95 bits per heavy atom. The number of aryl methyl sites for hydroxylation is 1. The molecule has 1 aromatic rings. The Morgan fingerprint density at radius 1 is 1.29 bits per heavy atom. The van der Waals surface area contributed by atoms with E-state index >= 15 is 0 Å². The van der Waals surface area contributed by atoms with Crippen molar-refractivity contribution in [3.8, 4) is 0 Å². The van der Waals surface area contributed by atoms with Crippen molar-refractivity contribution in [2.24, 2.45) is 5.73 Å². The lowest BCUT2D eigenvalue weighted by Gasteiger charge is -2.29. The van der Waals surface area contributed by atoms with Gasteiger partial charge >= 0.3 is 0 Å². The number of hydrogen-bond acceptors (Lipinski definition) is 3. The Kier molecular flexibility index (Phi) is 6.21. The van der Waals surface area contributed by atoms with E-state index in [1.807, 2.05) is 12.1 Å². The smallest absolute Gasteiger partial charge is 0.238 e. The lowest BCUT2D eigenvalue weighted by molar-refractivity contribution is -0.117. The van der Waals surface area contributed by atoms with Crippen molar-refractivity contribution in [1.82, 2.24) is 4.90 Å². The molecule has 0 aliphatic carbocycles. The van der Waals surface area contributed by atoms with Gasteiger partial charge in [-0.15, -0.1) is 0 Å². The highest BCUT2D eigenvalue weighted by atomic mass is 16.2. The summed E-state index contributed by atoms with van der Waals surface area (Å²) < 4.78 is 0. The molecule has 1 heterocycles. The Morgan fingerprint density at radius 3 is 2.57 bits per heavy atom. The van der Waals surface area contributed by atoms with Gasteiger partial charge in [0.25, 0.3) is 0 Å². The molecule has 1 aliphatic heterocycles. The summed E-state index contributed by atoms with van der Waals surface area (Å²) in [5.74, 6) is 0.0618. The van der Waals surface area contributed by atoms with E-state index in [1.165, 1.54) is 18.4 Å². The molecule has 1 amide bonds. The highest BCUT2D eigenvalue weighted by Gasteiger charge is 2.18. The maximum atomic E-state index is 12.0. The standard InChI is InChI=1S/C17H27N3O/c1-2-3-4-14-5-7-16(8-6-14)19-17(21)13-20-11-9-15(18)10-12-20/h5-8,15H,2-4,9-13,18H2,1H3,(H,19,21). The molecule has 4 heteroatoms. The molecular formula is C17H27N3O. The number of anilines is 1. The Hall–Kier alpha value is -1.39. The van der Waals surface area contributed by atoms with Crippen LogP contribution in [0.3, 0.4) is 0 Å². The number of hydrogen-bond donors (Lipinski definition) is 2. The number of piperidine rings is 1. The van der Waals surface area contributed by atoms with E-state index in [1.54, 1.807) is 0 Å². The molecule has 2 rings (SSSR count). The van der Waals surface area contributed by atoms with Crippen molar-refractivity contribution in [1.29, 1.82) is 0 Å². The largest absolute Gasteiger partial charge is 0.328 e. The normalized spacial score (nSPS) is 16.9. The van der Waals surface area contributed by atoms with Crippen molar-refractivity contribution in [2.75, 3.05) is 25.0 Å². The number of rotatable bonds is 6. The van der Waals surface area contributed by atoms with Crippen LogP contribution in [0.1, 0.15) is 38.2 Å². The van der Waals surface area contributed by atoms with Crippen LogP contribution >= 0.6 is 0 Å². The average Bonchev–Trinajstić information content (AvgIpc) is 2.49. The van der Waals surface area contributed by atoms with Crippen molar-refractivity contribution >= 4 is 11.6 Å². The first kappa shape index (κ1) is 16.0. The number of amides is 1. The van der Waals surface area contributed by atoms with Gasteiger partial charge in [0.2, 0.25) is 5.91 Å². The predicted molar refractivity (Wildman–Crippen MR) is 87.3 cm³/mol. The zero-order valence-corrected chi connectivity index (χ0v) is 13.0. The van der Waals surface area contributed by atoms with E-state index in [2.05, 4.69) is 29.3 Å². The first-order valence-corrected chi connectivity index (χ1v) is 8.04. The number of carbonyl (C=O) groups is 1. The maximum Gasteiger partial charge on any atom is 0.238 e. The van der Waals surface area contributed by atoms with Crippen LogP contribution in [-0.2, 0) is 11.2 Å².